The second kappa shape index (κ2) is 8.88. The van der Waals surface area contributed by atoms with E-state index in [0.29, 0.717) is 12.5 Å². The van der Waals surface area contributed by atoms with Crippen molar-refractivity contribution in [3.63, 3.8) is 0 Å². The van der Waals surface area contributed by atoms with Gasteiger partial charge < -0.3 is 15.0 Å². The van der Waals surface area contributed by atoms with Gasteiger partial charge in [-0.15, -0.1) is 5.10 Å². The normalized spacial score (nSPS) is 14.8. The zero-order valence-corrected chi connectivity index (χ0v) is 16.4. The maximum absolute atomic E-state index is 12.4. The summed E-state index contributed by atoms with van der Waals surface area (Å²) in [6, 6.07) is 5.60. The Kier molecular flexibility index (Phi) is 6.32. The van der Waals surface area contributed by atoms with Crippen molar-refractivity contribution in [3.05, 3.63) is 35.7 Å². The SMILES string of the molecule is Cc1ccc(NC(=O)N(C)Cc2cn(C)nn2)cc1OCC1CCCCC1. The number of nitrogens with one attached hydrogen (secondary N) is 1. The minimum absolute atomic E-state index is 0.192. The van der Waals surface area contributed by atoms with E-state index >= 15 is 0 Å². The zero-order valence-electron chi connectivity index (χ0n) is 16.4. The van der Waals surface area contributed by atoms with Crippen LogP contribution in [0.25, 0.3) is 0 Å². The molecule has 7 nitrogen and oxygen atoms in total. The fraction of sp³-hybridized carbons (Fsp3) is 0.550. The van der Waals surface area contributed by atoms with E-state index in [9.17, 15) is 4.79 Å². The average molecular weight is 371 g/mol. The van der Waals surface area contributed by atoms with E-state index in [1.807, 2.05) is 25.1 Å². The van der Waals surface area contributed by atoms with Crippen LogP contribution in [0.15, 0.2) is 24.4 Å². The Labute approximate surface area is 160 Å². The van der Waals surface area contributed by atoms with Gasteiger partial charge in [-0.3, -0.25) is 4.68 Å². The molecule has 3 rings (SSSR count). The van der Waals surface area contributed by atoms with Gasteiger partial charge in [0.25, 0.3) is 0 Å². The largest absolute Gasteiger partial charge is 0.493 e. The number of carbonyl (C=O) groups excluding carboxylic acids is 1. The minimum Gasteiger partial charge on any atom is -0.493 e. The van der Waals surface area contributed by atoms with Crippen LogP contribution in [-0.2, 0) is 13.6 Å². The molecule has 7 heteroatoms. The monoisotopic (exact) mass is 371 g/mol. The Morgan fingerprint density at radius 2 is 2.11 bits per heavy atom. The van der Waals surface area contributed by atoms with Gasteiger partial charge in [0.2, 0.25) is 0 Å². The molecule has 1 aliphatic carbocycles. The summed E-state index contributed by atoms with van der Waals surface area (Å²) in [7, 11) is 3.54. The van der Waals surface area contributed by atoms with Gasteiger partial charge in [-0.2, -0.15) is 0 Å². The Balaban J connectivity index is 1.56. The number of aromatic nitrogens is 3. The van der Waals surface area contributed by atoms with Crippen LogP contribution in [0.5, 0.6) is 5.75 Å². The quantitative estimate of drug-likeness (QED) is 0.839. The lowest BCUT2D eigenvalue weighted by Gasteiger charge is -2.22. The highest BCUT2D eigenvalue weighted by atomic mass is 16.5. The first kappa shape index (κ1) is 19.2. The summed E-state index contributed by atoms with van der Waals surface area (Å²) in [5.74, 6) is 1.49. The first-order chi connectivity index (χ1) is 13.0. The van der Waals surface area contributed by atoms with Gasteiger partial charge in [0, 0.05) is 32.0 Å². The number of urea groups is 1. The first-order valence-electron chi connectivity index (χ1n) is 9.62. The molecule has 0 spiro atoms. The molecule has 0 unspecified atom stereocenters. The second-order valence-corrected chi connectivity index (χ2v) is 7.47. The number of rotatable bonds is 6. The van der Waals surface area contributed by atoms with Crippen molar-refractivity contribution in [1.82, 2.24) is 19.9 Å². The van der Waals surface area contributed by atoms with Crippen LogP contribution in [-0.4, -0.2) is 39.6 Å². The summed E-state index contributed by atoms with van der Waals surface area (Å²) in [4.78, 5) is 14.0. The summed E-state index contributed by atoms with van der Waals surface area (Å²) in [5.41, 5.74) is 2.56. The molecule has 0 bridgehead atoms. The van der Waals surface area contributed by atoms with Gasteiger partial charge in [0.05, 0.1) is 13.2 Å². The van der Waals surface area contributed by atoms with Crippen molar-refractivity contribution in [2.75, 3.05) is 19.0 Å². The molecule has 1 aliphatic rings. The number of aryl methyl sites for hydroxylation is 2. The number of hydrogen-bond donors (Lipinski definition) is 1. The van der Waals surface area contributed by atoms with Crippen LogP contribution >= 0.6 is 0 Å². The highest BCUT2D eigenvalue weighted by Gasteiger charge is 2.15. The van der Waals surface area contributed by atoms with Crippen LogP contribution in [0, 0.1) is 12.8 Å². The molecule has 1 heterocycles. The predicted molar refractivity (Wildman–Crippen MR) is 105 cm³/mol. The van der Waals surface area contributed by atoms with E-state index < -0.39 is 0 Å². The Morgan fingerprint density at radius 1 is 1.33 bits per heavy atom. The van der Waals surface area contributed by atoms with E-state index in [1.54, 1.807) is 29.9 Å². The molecule has 146 valence electrons. The van der Waals surface area contributed by atoms with E-state index in [-0.39, 0.29) is 6.03 Å². The lowest BCUT2D eigenvalue weighted by molar-refractivity contribution is 0.208. The maximum Gasteiger partial charge on any atom is 0.321 e. The molecule has 0 radical (unpaired) electrons. The molecule has 1 fully saturated rings. The van der Waals surface area contributed by atoms with Gasteiger partial charge in [0.1, 0.15) is 11.4 Å². The van der Waals surface area contributed by atoms with Crippen LogP contribution < -0.4 is 10.1 Å². The molecule has 0 saturated heterocycles. The van der Waals surface area contributed by atoms with Gasteiger partial charge in [-0.25, -0.2) is 4.79 Å². The molecule has 2 aromatic rings. The number of hydrogen-bond acceptors (Lipinski definition) is 4. The van der Waals surface area contributed by atoms with Crippen LogP contribution in [0.1, 0.15) is 43.4 Å². The fourth-order valence-corrected chi connectivity index (χ4v) is 3.40. The summed E-state index contributed by atoms with van der Waals surface area (Å²) < 4.78 is 7.69. The summed E-state index contributed by atoms with van der Waals surface area (Å²) >= 11 is 0. The Hall–Kier alpha value is -2.57. The summed E-state index contributed by atoms with van der Waals surface area (Å²) in [5, 5.41) is 10.8. The number of benzene rings is 1. The highest BCUT2D eigenvalue weighted by Crippen LogP contribution is 2.27. The van der Waals surface area contributed by atoms with E-state index in [4.69, 9.17) is 4.74 Å². The van der Waals surface area contributed by atoms with E-state index in [0.717, 1.165) is 29.3 Å². The first-order valence-corrected chi connectivity index (χ1v) is 9.62. The smallest absolute Gasteiger partial charge is 0.321 e. The third kappa shape index (κ3) is 5.45. The molecule has 1 N–H and O–H groups in total. The van der Waals surface area contributed by atoms with Crippen LogP contribution in [0.3, 0.4) is 0 Å². The molecule has 1 aromatic heterocycles. The van der Waals surface area contributed by atoms with Crippen molar-refractivity contribution in [1.29, 1.82) is 0 Å². The van der Waals surface area contributed by atoms with Crippen LogP contribution in [0.4, 0.5) is 10.5 Å². The van der Waals surface area contributed by atoms with E-state index in [1.165, 1.54) is 32.1 Å². The second-order valence-electron chi connectivity index (χ2n) is 7.47. The van der Waals surface area contributed by atoms with Crippen molar-refractivity contribution in [3.8, 4) is 5.75 Å². The minimum atomic E-state index is -0.192. The number of nitrogens with zero attached hydrogens (tertiary/aromatic N) is 4. The average Bonchev–Trinajstić information content (AvgIpc) is 3.07. The van der Waals surface area contributed by atoms with E-state index in [2.05, 4.69) is 15.6 Å². The van der Waals surface area contributed by atoms with Crippen molar-refractivity contribution in [2.45, 2.75) is 45.6 Å². The highest BCUT2D eigenvalue weighted by molar-refractivity contribution is 5.89. The number of carbonyl (C=O) groups is 1. The number of anilines is 1. The summed E-state index contributed by atoms with van der Waals surface area (Å²) in [6.07, 6.45) is 8.26. The Morgan fingerprint density at radius 3 is 2.81 bits per heavy atom. The maximum atomic E-state index is 12.4. The molecule has 0 atom stereocenters. The number of ether oxygens (including phenoxy) is 1. The standard InChI is InChI=1S/C20H29N5O2/c1-15-9-10-17(11-19(15)27-14-16-7-5-4-6-8-16)21-20(26)24(2)12-18-13-25(3)23-22-18/h9-11,13,16H,4-8,12,14H2,1-3H3,(H,21,26). The predicted octanol–water partition coefficient (Wildman–Crippen LogP) is 3.75. The zero-order chi connectivity index (χ0) is 19.2. The molecule has 2 amide bonds. The lowest BCUT2D eigenvalue weighted by Crippen LogP contribution is -2.31. The third-order valence-corrected chi connectivity index (χ3v) is 5.03. The fourth-order valence-electron chi connectivity index (χ4n) is 3.40. The third-order valence-electron chi connectivity index (χ3n) is 5.03. The van der Waals surface area contributed by atoms with Crippen molar-refractivity contribution in [2.24, 2.45) is 13.0 Å². The van der Waals surface area contributed by atoms with Gasteiger partial charge in [0.15, 0.2) is 0 Å². The molecule has 1 saturated carbocycles. The van der Waals surface area contributed by atoms with Gasteiger partial charge in [-0.05, 0) is 37.3 Å². The molecular formula is C20H29N5O2. The lowest BCUT2D eigenvalue weighted by atomic mass is 9.90. The molecular weight excluding hydrogens is 342 g/mol. The summed E-state index contributed by atoms with van der Waals surface area (Å²) in [6.45, 7) is 3.18. The van der Waals surface area contributed by atoms with Crippen molar-refractivity contribution >= 4 is 11.7 Å². The Bertz CT molecular complexity index is 767. The van der Waals surface area contributed by atoms with Gasteiger partial charge in [-0.1, -0.05) is 30.5 Å². The molecule has 27 heavy (non-hydrogen) atoms. The number of amides is 2. The molecule has 0 aliphatic heterocycles. The van der Waals surface area contributed by atoms with Gasteiger partial charge >= 0.3 is 6.03 Å². The molecule has 1 aromatic carbocycles. The topological polar surface area (TPSA) is 72.3 Å². The van der Waals surface area contributed by atoms with Crippen molar-refractivity contribution < 1.29 is 9.53 Å². The van der Waals surface area contributed by atoms with Crippen LogP contribution in [0.2, 0.25) is 0 Å².